The molecule has 0 bridgehead atoms. The van der Waals surface area contributed by atoms with Crippen LogP contribution in [0.25, 0.3) is 0 Å². The summed E-state index contributed by atoms with van der Waals surface area (Å²) in [5.41, 5.74) is -0.787. The van der Waals surface area contributed by atoms with Gasteiger partial charge in [0.05, 0.1) is 12.2 Å². The molecule has 0 atom stereocenters. The lowest BCUT2D eigenvalue weighted by Gasteiger charge is -2.03. The van der Waals surface area contributed by atoms with Gasteiger partial charge in [0, 0.05) is 6.07 Å². The van der Waals surface area contributed by atoms with Crippen molar-refractivity contribution >= 4 is 0 Å². The van der Waals surface area contributed by atoms with Gasteiger partial charge in [-0.25, -0.2) is 8.78 Å². The van der Waals surface area contributed by atoms with Crippen molar-refractivity contribution in [2.75, 3.05) is 0 Å². The van der Waals surface area contributed by atoms with Crippen LogP contribution in [0.3, 0.4) is 0 Å². The number of phenols is 1. The Hall–Kier alpha value is -1.23. The Bertz CT molecular complexity index is 312. The van der Waals surface area contributed by atoms with Crippen LogP contribution in [-0.4, -0.2) is 10.2 Å². The molecule has 0 radical (unpaired) electrons. The van der Waals surface area contributed by atoms with Crippen LogP contribution in [0.5, 0.6) is 5.75 Å². The number of aliphatic hydroxyl groups excluding tert-OH is 1. The van der Waals surface area contributed by atoms with E-state index in [9.17, 15) is 13.2 Å². The molecule has 5 heteroatoms. The van der Waals surface area contributed by atoms with E-state index in [4.69, 9.17) is 10.2 Å². The number of rotatable bonds is 1. The lowest BCUT2D eigenvalue weighted by atomic mass is 10.2. The van der Waals surface area contributed by atoms with Gasteiger partial charge in [0.25, 0.3) is 0 Å². The predicted octanol–water partition coefficient (Wildman–Crippen LogP) is 1.30. The lowest BCUT2D eigenvalue weighted by Crippen LogP contribution is -1.98. The second-order valence-corrected chi connectivity index (χ2v) is 2.14. The van der Waals surface area contributed by atoms with E-state index in [-0.39, 0.29) is 0 Å². The fourth-order valence-corrected chi connectivity index (χ4v) is 0.765. The number of aromatic hydroxyl groups is 1. The topological polar surface area (TPSA) is 40.5 Å². The van der Waals surface area contributed by atoms with Gasteiger partial charge in [0.15, 0.2) is 11.6 Å². The van der Waals surface area contributed by atoms with E-state index in [0.717, 1.165) is 0 Å². The van der Waals surface area contributed by atoms with E-state index in [1.807, 2.05) is 0 Å². The Morgan fingerprint density at radius 3 is 2.25 bits per heavy atom. The van der Waals surface area contributed by atoms with Crippen molar-refractivity contribution in [1.82, 2.24) is 0 Å². The summed E-state index contributed by atoms with van der Waals surface area (Å²) >= 11 is 0. The fraction of sp³-hybridized carbons (Fsp3) is 0.143. The summed E-state index contributed by atoms with van der Waals surface area (Å²) in [6.45, 7) is -0.950. The number of hydrogen-bond acceptors (Lipinski definition) is 2. The third kappa shape index (κ3) is 1.23. The van der Waals surface area contributed by atoms with Crippen LogP contribution in [0.2, 0.25) is 0 Å². The summed E-state index contributed by atoms with van der Waals surface area (Å²) < 4.78 is 37.6. The maximum absolute atomic E-state index is 12.6. The summed E-state index contributed by atoms with van der Waals surface area (Å²) in [6.07, 6.45) is 0. The summed E-state index contributed by atoms with van der Waals surface area (Å²) in [5.74, 6) is -5.40. The number of hydrogen-bond donors (Lipinski definition) is 2. The molecule has 1 aromatic carbocycles. The van der Waals surface area contributed by atoms with Crippen LogP contribution >= 0.6 is 0 Å². The minimum Gasteiger partial charge on any atom is -0.505 e. The zero-order valence-corrected chi connectivity index (χ0v) is 5.81. The monoisotopic (exact) mass is 178 g/mol. The Kier molecular flexibility index (Phi) is 2.23. The third-order valence-electron chi connectivity index (χ3n) is 1.39. The smallest absolute Gasteiger partial charge is 0.200 e. The number of benzene rings is 1. The summed E-state index contributed by atoms with van der Waals surface area (Å²) in [7, 11) is 0. The molecular weight excluding hydrogens is 173 g/mol. The van der Waals surface area contributed by atoms with Crippen molar-refractivity contribution in [1.29, 1.82) is 0 Å². The normalized spacial score (nSPS) is 10.3. The molecule has 0 aliphatic carbocycles. The fourth-order valence-electron chi connectivity index (χ4n) is 0.765. The zero-order chi connectivity index (χ0) is 9.30. The summed E-state index contributed by atoms with van der Waals surface area (Å²) in [6, 6.07) is 0.407. The van der Waals surface area contributed by atoms with E-state index >= 15 is 0 Å². The van der Waals surface area contributed by atoms with E-state index in [1.54, 1.807) is 0 Å². The van der Waals surface area contributed by atoms with Crippen LogP contribution in [0.4, 0.5) is 13.2 Å². The van der Waals surface area contributed by atoms with Gasteiger partial charge in [-0.1, -0.05) is 0 Å². The molecule has 0 fully saturated rings. The van der Waals surface area contributed by atoms with Gasteiger partial charge < -0.3 is 10.2 Å². The standard InChI is InChI=1S/C7H5F3O2/c8-4-1-5(12)7(10)6(9)3(4)2-11/h1,11-12H,2H2. The van der Waals surface area contributed by atoms with Crippen molar-refractivity contribution in [2.24, 2.45) is 0 Å². The van der Waals surface area contributed by atoms with Crippen LogP contribution in [-0.2, 0) is 6.61 Å². The highest BCUT2D eigenvalue weighted by Gasteiger charge is 2.17. The summed E-state index contributed by atoms with van der Waals surface area (Å²) in [4.78, 5) is 0. The zero-order valence-electron chi connectivity index (χ0n) is 5.81. The average Bonchev–Trinajstić information content (AvgIpc) is 2.01. The maximum Gasteiger partial charge on any atom is 0.200 e. The first-order chi connectivity index (χ1) is 5.57. The Balaban J connectivity index is 3.40. The molecule has 0 heterocycles. The first-order valence-corrected chi connectivity index (χ1v) is 3.04. The van der Waals surface area contributed by atoms with E-state index in [2.05, 4.69) is 0 Å². The predicted molar refractivity (Wildman–Crippen MR) is 33.9 cm³/mol. The minimum absolute atomic E-state index is 0.407. The maximum atomic E-state index is 12.6. The highest BCUT2D eigenvalue weighted by Crippen LogP contribution is 2.24. The largest absolute Gasteiger partial charge is 0.505 e. The molecular formula is C7H5F3O2. The van der Waals surface area contributed by atoms with Crippen LogP contribution in [0.1, 0.15) is 5.56 Å². The SMILES string of the molecule is OCc1c(F)cc(O)c(F)c1F. The van der Waals surface area contributed by atoms with Crippen LogP contribution < -0.4 is 0 Å². The number of aliphatic hydroxyl groups is 1. The van der Waals surface area contributed by atoms with Gasteiger partial charge in [-0.3, -0.25) is 0 Å². The second kappa shape index (κ2) is 3.02. The molecule has 2 N–H and O–H groups in total. The highest BCUT2D eigenvalue weighted by atomic mass is 19.2. The van der Waals surface area contributed by atoms with Gasteiger partial charge in [0.2, 0.25) is 5.82 Å². The molecule has 0 aliphatic rings. The Morgan fingerprint density at radius 2 is 1.75 bits per heavy atom. The molecule has 66 valence electrons. The molecule has 0 unspecified atom stereocenters. The quantitative estimate of drug-likeness (QED) is 0.636. The molecule has 0 aliphatic heterocycles. The molecule has 1 aromatic rings. The molecule has 0 saturated heterocycles. The van der Waals surface area contributed by atoms with E-state index in [0.29, 0.717) is 6.07 Å². The van der Waals surface area contributed by atoms with Crippen LogP contribution in [0.15, 0.2) is 6.07 Å². The molecule has 1 rings (SSSR count). The first-order valence-electron chi connectivity index (χ1n) is 3.04. The Morgan fingerprint density at radius 1 is 1.17 bits per heavy atom. The second-order valence-electron chi connectivity index (χ2n) is 2.14. The molecule has 0 amide bonds. The molecule has 0 aromatic heterocycles. The van der Waals surface area contributed by atoms with Crippen molar-refractivity contribution in [3.63, 3.8) is 0 Å². The molecule has 12 heavy (non-hydrogen) atoms. The minimum atomic E-state index is -1.56. The van der Waals surface area contributed by atoms with Crippen molar-refractivity contribution < 1.29 is 23.4 Å². The first kappa shape index (κ1) is 8.86. The molecule has 0 spiro atoms. The highest BCUT2D eigenvalue weighted by molar-refractivity contribution is 5.30. The summed E-state index contributed by atoms with van der Waals surface area (Å²) in [5, 5.41) is 17.0. The van der Waals surface area contributed by atoms with Gasteiger partial charge in [-0.2, -0.15) is 4.39 Å². The average molecular weight is 178 g/mol. The molecule has 2 nitrogen and oxygen atoms in total. The van der Waals surface area contributed by atoms with Crippen molar-refractivity contribution in [3.05, 3.63) is 29.1 Å². The number of phenolic OH excluding ortho intramolecular Hbond substituents is 1. The number of halogens is 3. The van der Waals surface area contributed by atoms with Crippen molar-refractivity contribution in [2.45, 2.75) is 6.61 Å². The van der Waals surface area contributed by atoms with Gasteiger partial charge >= 0.3 is 0 Å². The van der Waals surface area contributed by atoms with Gasteiger partial charge in [-0.15, -0.1) is 0 Å². The van der Waals surface area contributed by atoms with Crippen molar-refractivity contribution in [3.8, 4) is 5.75 Å². The van der Waals surface area contributed by atoms with E-state index < -0.39 is 35.4 Å². The third-order valence-corrected chi connectivity index (χ3v) is 1.39. The Labute approximate surface area is 65.9 Å². The van der Waals surface area contributed by atoms with Gasteiger partial charge in [0.1, 0.15) is 5.82 Å². The lowest BCUT2D eigenvalue weighted by molar-refractivity contribution is 0.264. The van der Waals surface area contributed by atoms with Crippen LogP contribution in [0, 0.1) is 17.5 Å². The van der Waals surface area contributed by atoms with Gasteiger partial charge in [-0.05, 0) is 0 Å². The van der Waals surface area contributed by atoms with E-state index in [1.165, 1.54) is 0 Å². The molecule has 0 saturated carbocycles.